The van der Waals surface area contributed by atoms with Gasteiger partial charge in [0.05, 0.1) is 55.9 Å². The number of quaternary nitrogens is 1. The SMILES string of the molecule is CCCc1c(C(=O)N2CC[NH+](CC)CC2)cnn1-c1cccc(C)c1. The number of hydrogen-bond acceptors (Lipinski definition) is 2. The summed E-state index contributed by atoms with van der Waals surface area (Å²) in [5.74, 6) is 0.137. The van der Waals surface area contributed by atoms with Gasteiger partial charge in [0.2, 0.25) is 0 Å². The minimum Gasteiger partial charge on any atom is -0.332 e. The molecule has 0 radical (unpaired) electrons. The Balaban J connectivity index is 1.88. The van der Waals surface area contributed by atoms with Crippen molar-refractivity contribution in [2.45, 2.75) is 33.6 Å². The van der Waals surface area contributed by atoms with Gasteiger partial charge in [-0.2, -0.15) is 5.10 Å². The minimum absolute atomic E-state index is 0.137. The van der Waals surface area contributed by atoms with Crippen LogP contribution in [0, 0.1) is 6.92 Å². The Morgan fingerprint density at radius 2 is 2.00 bits per heavy atom. The predicted molar refractivity (Wildman–Crippen MR) is 99.4 cm³/mol. The molecule has 1 aliphatic heterocycles. The second-order valence-corrected chi connectivity index (χ2v) is 6.90. The van der Waals surface area contributed by atoms with E-state index in [1.54, 1.807) is 11.1 Å². The maximum Gasteiger partial charge on any atom is 0.257 e. The van der Waals surface area contributed by atoms with Gasteiger partial charge in [-0.1, -0.05) is 25.5 Å². The number of rotatable bonds is 5. The lowest BCUT2D eigenvalue weighted by Crippen LogP contribution is -3.14. The van der Waals surface area contributed by atoms with Crippen LogP contribution in [0.5, 0.6) is 0 Å². The third-order valence-electron chi connectivity index (χ3n) is 5.09. The van der Waals surface area contributed by atoms with Crippen LogP contribution in [-0.4, -0.2) is 53.3 Å². The van der Waals surface area contributed by atoms with Gasteiger partial charge in [-0.25, -0.2) is 4.68 Å². The number of amides is 1. The van der Waals surface area contributed by atoms with Crippen LogP contribution in [0.1, 0.15) is 41.9 Å². The highest BCUT2D eigenvalue weighted by Crippen LogP contribution is 2.19. The molecule has 0 bridgehead atoms. The quantitative estimate of drug-likeness (QED) is 0.895. The molecule has 1 aromatic carbocycles. The number of aryl methyl sites for hydroxylation is 1. The summed E-state index contributed by atoms with van der Waals surface area (Å²) in [6.07, 6.45) is 3.61. The highest BCUT2D eigenvalue weighted by atomic mass is 16.2. The first-order chi connectivity index (χ1) is 12.1. The van der Waals surface area contributed by atoms with Crippen molar-refractivity contribution in [2.75, 3.05) is 32.7 Å². The van der Waals surface area contributed by atoms with E-state index in [1.165, 1.54) is 5.56 Å². The normalized spacial score (nSPS) is 15.6. The molecule has 0 saturated carbocycles. The van der Waals surface area contributed by atoms with Gasteiger partial charge in [0, 0.05) is 0 Å². The number of piperazine rings is 1. The van der Waals surface area contributed by atoms with E-state index < -0.39 is 0 Å². The lowest BCUT2D eigenvalue weighted by Gasteiger charge is -2.31. The zero-order chi connectivity index (χ0) is 17.8. The average molecular weight is 341 g/mol. The van der Waals surface area contributed by atoms with Gasteiger partial charge in [-0.3, -0.25) is 4.79 Å². The van der Waals surface area contributed by atoms with Crippen molar-refractivity contribution in [3.8, 4) is 5.69 Å². The van der Waals surface area contributed by atoms with Gasteiger partial charge in [-0.05, 0) is 38.0 Å². The molecule has 1 aliphatic rings. The molecule has 1 saturated heterocycles. The highest BCUT2D eigenvalue weighted by molar-refractivity contribution is 5.95. The molecule has 0 spiro atoms. The van der Waals surface area contributed by atoms with Crippen LogP contribution in [0.3, 0.4) is 0 Å². The molecule has 5 nitrogen and oxygen atoms in total. The molecule has 1 fully saturated rings. The molecule has 2 aromatic rings. The number of nitrogens with one attached hydrogen (secondary N) is 1. The van der Waals surface area contributed by atoms with E-state index in [2.05, 4.69) is 44.1 Å². The number of hydrogen-bond donors (Lipinski definition) is 1. The summed E-state index contributed by atoms with van der Waals surface area (Å²) in [7, 11) is 0. The van der Waals surface area contributed by atoms with E-state index in [0.717, 1.165) is 62.5 Å². The van der Waals surface area contributed by atoms with Crippen molar-refractivity contribution in [3.63, 3.8) is 0 Å². The number of aromatic nitrogens is 2. The van der Waals surface area contributed by atoms with Gasteiger partial charge >= 0.3 is 0 Å². The Kier molecular flexibility index (Phi) is 5.53. The van der Waals surface area contributed by atoms with Crippen molar-refractivity contribution in [3.05, 3.63) is 47.3 Å². The molecule has 3 rings (SSSR count). The number of benzene rings is 1. The Morgan fingerprint density at radius 1 is 1.24 bits per heavy atom. The van der Waals surface area contributed by atoms with Crippen LogP contribution in [-0.2, 0) is 6.42 Å². The first-order valence-electron chi connectivity index (χ1n) is 9.40. The van der Waals surface area contributed by atoms with E-state index in [9.17, 15) is 4.79 Å². The summed E-state index contributed by atoms with van der Waals surface area (Å²) in [4.78, 5) is 16.6. The molecular weight excluding hydrogens is 312 g/mol. The Bertz CT molecular complexity index is 729. The van der Waals surface area contributed by atoms with Crippen LogP contribution >= 0.6 is 0 Å². The van der Waals surface area contributed by atoms with E-state index >= 15 is 0 Å². The number of likely N-dealkylation sites (N-methyl/N-ethyl adjacent to an activating group) is 1. The molecule has 0 atom stereocenters. The lowest BCUT2D eigenvalue weighted by atomic mass is 10.1. The van der Waals surface area contributed by atoms with Gasteiger partial charge in [0.1, 0.15) is 0 Å². The van der Waals surface area contributed by atoms with Gasteiger partial charge in [0.25, 0.3) is 5.91 Å². The van der Waals surface area contributed by atoms with Crippen molar-refractivity contribution in [1.82, 2.24) is 14.7 Å². The fourth-order valence-electron chi connectivity index (χ4n) is 3.56. The molecule has 2 heterocycles. The molecule has 25 heavy (non-hydrogen) atoms. The fraction of sp³-hybridized carbons (Fsp3) is 0.500. The van der Waals surface area contributed by atoms with Crippen molar-refractivity contribution < 1.29 is 9.69 Å². The zero-order valence-electron chi connectivity index (χ0n) is 15.6. The standard InChI is InChI=1S/C20H28N4O/c1-4-7-19-18(20(25)23-12-10-22(5-2)11-13-23)15-21-24(19)17-9-6-8-16(3)14-17/h6,8-9,14-15H,4-5,7,10-13H2,1-3H3/p+1. The molecule has 1 N–H and O–H groups in total. The fourth-order valence-corrected chi connectivity index (χ4v) is 3.56. The second-order valence-electron chi connectivity index (χ2n) is 6.90. The molecule has 5 heteroatoms. The number of nitrogens with zero attached hydrogens (tertiary/aromatic N) is 3. The second kappa shape index (κ2) is 7.83. The Hall–Kier alpha value is -2.14. The summed E-state index contributed by atoms with van der Waals surface area (Å²) >= 11 is 0. The first-order valence-corrected chi connectivity index (χ1v) is 9.40. The highest BCUT2D eigenvalue weighted by Gasteiger charge is 2.27. The molecule has 1 aromatic heterocycles. The predicted octanol–water partition coefficient (Wildman–Crippen LogP) is 1.49. The van der Waals surface area contributed by atoms with Gasteiger partial charge < -0.3 is 9.80 Å². The van der Waals surface area contributed by atoms with Gasteiger partial charge in [-0.15, -0.1) is 0 Å². The Morgan fingerprint density at radius 3 is 2.64 bits per heavy atom. The molecule has 134 valence electrons. The first kappa shape index (κ1) is 17.7. The lowest BCUT2D eigenvalue weighted by molar-refractivity contribution is -0.902. The third-order valence-corrected chi connectivity index (χ3v) is 5.09. The summed E-state index contributed by atoms with van der Waals surface area (Å²) in [6.45, 7) is 11.3. The van der Waals surface area contributed by atoms with Crippen LogP contribution < -0.4 is 4.90 Å². The molecule has 0 unspecified atom stereocenters. The van der Waals surface area contributed by atoms with Crippen LogP contribution in [0.15, 0.2) is 30.5 Å². The maximum absolute atomic E-state index is 13.1. The third kappa shape index (κ3) is 3.76. The van der Waals surface area contributed by atoms with Crippen LogP contribution in [0.2, 0.25) is 0 Å². The molecular formula is C20H29N4O+. The summed E-state index contributed by atoms with van der Waals surface area (Å²) in [5.41, 5.74) is 4.02. The number of carbonyl (C=O) groups excluding carboxylic acids is 1. The largest absolute Gasteiger partial charge is 0.332 e. The molecule has 0 aliphatic carbocycles. The summed E-state index contributed by atoms with van der Waals surface area (Å²) in [5, 5.41) is 4.56. The number of carbonyl (C=O) groups is 1. The van der Waals surface area contributed by atoms with E-state index in [0.29, 0.717) is 0 Å². The van der Waals surface area contributed by atoms with E-state index in [4.69, 9.17) is 0 Å². The van der Waals surface area contributed by atoms with Crippen molar-refractivity contribution in [1.29, 1.82) is 0 Å². The van der Waals surface area contributed by atoms with Crippen LogP contribution in [0.4, 0.5) is 0 Å². The van der Waals surface area contributed by atoms with Crippen LogP contribution in [0.25, 0.3) is 5.69 Å². The topological polar surface area (TPSA) is 42.6 Å². The monoisotopic (exact) mass is 341 g/mol. The summed E-state index contributed by atoms with van der Waals surface area (Å²) < 4.78 is 1.94. The maximum atomic E-state index is 13.1. The summed E-state index contributed by atoms with van der Waals surface area (Å²) in [6, 6.07) is 8.28. The minimum atomic E-state index is 0.137. The smallest absolute Gasteiger partial charge is 0.257 e. The van der Waals surface area contributed by atoms with Crippen molar-refractivity contribution >= 4 is 5.91 Å². The van der Waals surface area contributed by atoms with Gasteiger partial charge in [0.15, 0.2) is 0 Å². The Labute approximate surface area is 150 Å². The average Bonchev–Trinajstić information content (AvgIpc) is 3.05. The van der Waals surface area contributed by atoms with Crippen molar-refractivity contribution in [2.24, 2.45) is 0 Å². The zero-order valence-corrected chi connectivity index (χ0v) is 15.6. The van der Waals surface area contributed by atoms with E-state index in [-0.39, 0.29) is 5.91 Å². The molecule has 1 amide bonds. The van der Waals surface area contributed by atoms with E-state index in [1.807, 2.05) is 15.6 Å².